The van der Waals surface area contributed by atoms with E-state index in [1.54, 1.807) is 6.92 Å². The number of nitrogens with two attached hydrogens (primary N) is 1. The summed E-state index contributed by atoms with van der Waals surface area (Å²) in [4.78, 5) is 7.24. The Morgan fingerprint density at radius 1 is 1.25 bits per heavy atom. The van der Waals surface area contributed by atoms with Crippen molar-refractivity contribution < 1.29 is 12.8 Å². The predicted molar refractivity (Wildman–Crippen MR) is 71.8 cm³/mol. The minimum atomic E-state index is -3.88. The fourth-order valence-corrected chi connectivity index (χ4v) is 2.34. The normalized spacial score (nSPS) is 11.2. The van der Waals surface area contributed by atoms with Gasteiger partial charge in [-0.1, -0.05) is 6.07 Å². The van der Waals surface area contributed by atoms with Crippen LogP contribution in [0, 0.1) is 12.7 Å². The van der Waals surface area contributed by atoms with Gasteiger partial charge in [-0.2, -0.15) is 0 Å². The number of rotatable bonds is 4. The molecule has 1 heterocycles. The number of anilines is 2. The highest BCUT2D eigenvalue weighted by atomic mass is 32.2. The van der Waals surface area contributed by atoms with Crippen LogP contribution in [0.25, 0.3) is 0 Å². The number of halogens is 1. The number of hydrogen-bond donors (Lipinski definition) is 3. The topological polar surface area (TPSA) is 110 Å². The number of hydrogen-bond acceptors (Lipinski definition) is 6. The quantitative estimate of drug-likeness (QED) is 0.574. The monoisotopic (exact) mass is 297 g/mol. The van der Waals surface area contributed by atoms with Crippen LogP contribution in [0.1, 0.15) is 5.56 Å². The van der Waals surface area contributed by atoms with Crippen LogP contribution in [-0.4, -0.2) is 18.4 Å². The van der Waals surface area contributed by atoms with Gasteiger partial charge < -0.3 is 0 Å². The molecule has 2 rings (SSSR count). The molecule has 0 aliphatic carbocycles. The third-order valence-corrected chi connectivity index (χ3v) is 3.83. The molecule has 0 amide bonds. The van der Waals surface area contributed by atoms with Crippen molar-refractivity contribution in [1.82, 2.24) is 9.97 Å². The Morgan fingerprint density at radius 3 is 2.45 bits per heavy atom. The first kappa shape index (κ1) is 14.2. The molecule has 0 saturated carbocycles. The van der Waals surface area contributed by atoms with Crippen LogP contribution in [0.3, 0.4) is 0 Å². The van der Waals surface area contributed by atoms with Crippen molar-refractivity contribution in [3.05, 3.63) is 42.0 Å². The Hall–Kier alpha value is -2.26. The molecule has 0 aliphatic heterocycles. The summed E-state index contributed by atoms with van der Waals surface area (Å²) < 4.78 is 39.7. The molecule has 2 aromatic rings. The van der Waals surface area contributed by atoms with Crippen molar-refractivity contribution >= 4 is 21.7 Å². The minimum absolute atomic E-state index is 0.0883. The highest BCUT2D eigenvalue weighted by Gasteiger charge is 2.16. The van der Waals surface area contributed by atoms with Crippen LogP contribution >= 0.6 is 0 Å². The zero-order chi connectivity index (χ0) is 14.8. The van der Waals surface area contributed by atoms with Crippen LogP contribution in [0.2, 0.25) is 0 Å². The van der Waals surface area contributed by atoms with Crippen molar-refractivity contribution in [3.63, 3.8) is 0 Å². The fourth-order valence-electron chi connectivity index (χ4n) is 1.40. The van der Waals surface area contributed by atoms with Crippen molar-refractivity contribution in [2.45, 2.75) is 11.8 Å². The molecule has 0 unspecified atom stereocenters. The van der Waals surface area contributed by atoms with Crippen molar-refractivity contribution in [2.24, 2.45) is 5.84 Å². The van der Waals surface area contributed by atoms with E-state index in [4.69, 9.17) is 5.84 Å². The van der Waals surface area contributed by atoms with Crippen molar-refractivity contribution in [3.8, 4) is 0 Å². The third-order valence-electron chi connectivity index (χ3n) is 2.49. The summed E-state index contributed by atoms with van der Waals surface area (Å²) in [6.45, 7) is 1.58. The minimum Gasteiger partial charge on any atom is -0.292 e. The summed E-state index contributed by atoms with van der Waals surface area (Å²) in [5, 5.41) is 0. The van der Waals surface area contributed by atoms with Crippen LogP contribution in [0.15, 0.2) is 35.5 Å². The van der Waals surface area contributed by atoms with Gasteiger partial charge in [0.05, 0.1) is 18.1 Å². The smallest absolute Gasteiger partial charge is 0.264 e. The maximum atomic E-state index is 13.4. The van der Waals surface area contributed by atoms with Gasteiger partial charge >= 0.3 is 0 Å². The van der Waals surface area contributed by atoms with E-state index in [1.807, 2.05) is 0 Å². The van der Waals surface area contributed by atoms with E-state index in [-0.39, 0.29) is 16.5 Å². The molecule has 9 heteroatoms. The number of aryl methyl sites for hydroxylation is 1. The van der Waals surface area contributed by atoms with E-state index in [1.165, 1.54) is 12.1 Å². The second-order valence-electron chi connectivity index (χ2n) is 3.96. The van der Waals surface area contributed by atoms with E-state index < -0.39 is 15.8 Å². The number of nitrogens with zero attached hydrogens (tertiary/aromatic N) is 2. The molecule has 0 aliphatic rings. The maximum Gasteiger partial charge on any atom is 0.264 e. The second-order valence-corrected chi connectivity index (χ2v) is 5.64. The standard InChI is InChI=1S/C11H12FN5O2S/c1-7-2-3-8(4-10(7)12)17-20(18,19)9-5-14-11(16-13)15-6-9/h2-6,17H,13H2,1H3,(H,14,15,16). The Kier molecular flexibility index (Phi) is 3.81. The van der Waals surface area contributed by atoms with Crippen molar-refractivity contribution in [2.75, 3.05) is 10.1 Å². The summed E-state index contributed by atoms with van der Waals surface area (Å²) in [5.74, 6) is 4.67. The van der Waals surface area contributed by atoms with Crippen molar-refractivity contribution in [1.29, 1.82) is 0 Å². The molecule has 1 aromatic carbocycles. The van der Waals surface area contributed by atoms with Gasteiger partial charge in [-0.05, 0) is 24.6 Å². The molecule has 106 valence electrons. The summed E-state index contributed by atoms with van der Waals surface area (Å²) in [5.41, 5.74) is 2.73. The summed E-state index contributed by atoms with van der Waals surface area (Å²) in [7, 11) is -3.88. The third kappa shape index (κ3) is 3.00. The molecule has 7 nitrogen and oxygen atoms in total. The van der Waals surface area contributed by atoms with Crippen LogP contribution in [0.4, 0.5) is 16.0 Å². The fraction of sp³-hybridized carbons (Fsp3) is 0.0909. The Labute approximate surface area is 115 Å². The number of hydrazine groups is 1. The van der Waals surface area contributed by atoms with Gasteiger partial charge in [0.25, 0.3) is 10.0 Å². The number of sulfonamides is 1. The average Bonchev–Trinajstić information content (AvgIpc) is 2.43. The van der Waals surface area contributed by atoms with Crippen LogP contribution < -0.4 is 16.0 Å². The molecule has 0 spiro atoms. The molecular weight excluding hydrogens is 285 g/mol. The van der Waals surface area contributed by atoms with E-state index in [2.05, 4.69) is 20.1 Å². The molecule has 20 heavy (non-hydrogen) atoms. The molecule has 0 atom stereocenters. The van der Waals surface area contributed by atoms with Gasteiger partial charge in [0.2, 0.25) is 5.95 Å². The van der Waals surface area contributed by atoms with Gasteiger partial charge in [-0.25, -0.2) is 28.6 Å². The summed E-state index contributed by atoms with van der Waals surface area (Å²) >= 11 is 0. The first-order valence-corrected chi connectivity index (χ1v) is 6.98. The maximum absolute atomic E-state index is 13.4. The largest absolute Gasteiger partial charge is 0.292 e. The second kappa shape index (κ2) is 5.39. The molecule has 4 N–H and O–H groups in total. The molecule has 1 aromatic heterocycles. The van der Waals surface area contributed by atoms with E-state index in [0.29, 0.717) is 5.56 Å². The van der Waals surface area contributed by atoms with Gasteiger partial charge in [0, 0.05) is 0 Å². The van der Waals surface area contributed by atoms with E-state index in [9.17, 15) is 12.8 Å². The Balaban J connectivity index is 2.27. The van der Waals surface area contributed by atoms with Gasteiger partial charge in [-0.3, -0.25) is 10.1 Å². The molecule has 0 radical (unpaired) electrons. The SMILES string of the molecule is Cc1ccc(NS(=O)(=O)c2cnc(NN)nc2)cc1F. The average molecular weight is 297 g/mol. The van der Waals surface area contributed by atoms with Gasteiger partial charge in [0.1, 0.15) is 10.7 Å². The summed E-state index contributed by atoms with van der Waals surface area (Å²) in [6.07, 6.45) is 2.18. The zero-order valence-electron chi connectivity index (χ0n) is 10.5. The molecule has 0 bridgehead atoms. The molecular formula is C11H12FN5O2S. The molecule has 0 saturated heterocycles. The number of aromatic nitrogens is 2. The van der Waals surface area contributed by atoms with Gasteiger partial charge in [0.15, 0.2) is 0 Å². The highest BCUT2D eigenvalue weighted by Crippen LogP contribution is 2.18. The first-order chi connectivity index (χ1) is 9.42. The van der Waals surface area contributed by atoms with Gasteiger partial charge in [-0.15, -0.1) is 0 Å². The number of nitrogens with one attached hydrogen (secondary N) is 2. The van der Waals surface area contributed by atoms with E-state index in [0.717, 1.165) is 18.5 Å². The summed E-state index contributed by atoms with van der Waals surface area (Å²) in [6, 6.07) is 4.04. The Bertz CT molecular complexity index is 718. The lowest BCUT2D eigenvalue weighted by Crippen LogP contribution is -2.15. The lowest BCUT2D eigenvalue weighted by atomic mass is 10.2. The van der Waals surface area contributed by atoms with E-state index >= 15 is 0 Å². The lowest BCUT2D eigenvalue weighted by Gasteiger charge is -2.08. The van der Waals surface area contributed by atoms with Crippen LogP contribution in [-0.2, 0) is 10.0 Å². The number of benzene rings is 1. The predicted octanol–water partition coefficient (Wildman–Crippen LogP) is 1.01. The lowest BCUT2D eigenvalue weighted by molar-refractivity contribution is 0.600. The Morgan fingerprint density at radius 2 is 1.90 bits per heavy atom. The van der Waals surface area contributed by atoms with Crippen LogP contribution in [0.5, 0.6) is 0 Å². The highest BCUT2D eigenvalue weighted by molar-refractivity contribution is 7.92. The zero-order valence-corrected chi connectivity index (χ0v) is 11.3. The molecule has 0 fully saturated rings. The first-order valence-electron chi connectivity index (χ1n) is 5.50. The number of nitrogen functional groups attached to an aromatic ring is 1.